The molecule has 1 aromatic rings. The number of benzene rings is 1. The number of nitrogens with zero attached hydrogens (tertiary/aromatic N) is 1. The first-order valence-electron chi connectivity index (χ1n) is 6.16. The van der Waals surface area contributed by atoms with E-state index in [9.17, 15) is 0 Å². The Labute approximate surface area is 103 Å². The average Bonchev–Trinajstić information content (AvgIpc) is 2.28. The number of para-hydroxylation sites is 1. The highest BCUT2D eigenvalue weighted by Gasteiger charge is 2.25. The third-order valence-corrected chi connectivity index (χ3v) is 3.12. The van der Waals surface area contributed by atoms with Crippen molar-refractivity contribution < 1.29 is 9.84 Å². The Morgan fingerprint density at radius 2 is 2.12 bits per heavy atom. The predicted molar refractivity (Wildman–Crippen MR) is 69.9 cm³/mol. The van der Waals surface area contributed by atoms with Gasteiger partial charge >= 0.3 is 0 Å². The van der Waals surface area contributed by atoms with Crippen LogP contribution in [0.1, 0.15) is 26.3 Å². The molecule has 0 aromatic heterocycles. The molecule has 0 unspecified atom stereocenters. The van der Waals surface area contributed by atoms with Gasteiger partial charge < -0.3 is 14.7 Å². The Hall–Kier alpha value is -1.22. The van der Waals surface area contributed by atoms with Crippen LogP contribution < -0.4 is 9.64 Å². The summed E-state index contributed by atoms with van der Waals surface area (Å²) in [5.41, 5.74) is 2.42. The first-order chi connectivity index (χ1) is 8.04. The summed E-state index contributed by atoms with van der Waals surface area (Å²) in [6, 6.07) is 6.26. The van der Waals surface area contributed by atoms with Gasteiger partial charge in [-0.2, -0.15) is 0 Å². The fraction of sp³-hybridized carbons (Fsp3) is 0.571. The van der Waals surface area contributed by atoms with Crippen LogP contribution in [-0.4, -0.2) is 31.4 Å². The summed E-state index contributed by atoms with van der Waals surface area (Å²) in [5.74, 6) is 0.986. The highest BCUT2D eigenvalue weighted by Crippen LogP contribution is 2.40. The zero-order valence-corrected chi connectivity index (χ0v) is 10.9. The molecule has 1 aliphatic heterocycles. The van der Waals surface area contributed by atoms with Crippen LogP contribution in [0.15, 0.2) is 18.2 Å². The number of anilines is 1. The monoisotopic (exact) mass is 235 g/mol. The maximum atomic E-state index is 9.09. The molecule has 1 aliphatic rings. The zero-order chi connectivity index (χ0) is 12.5. The lowest BCUT2D eigenvalue weighted by Gasteiger charge is -2.34. The van der Waals surface area contributed by atoms with Crippen molar-refractivity contribution in [3.05, 3.63) is 23.8 Å². The van der Waals surface area contributed by atoms with E-state index in [-0.39, 0.29) is 12.0 Å². The SMILES string of the molecule is CC(C)(C)c1cccc2c1OCCN2CCO. The molecule has 1 N–H and O–H groups in total. The van der Waals surface area contributed by atoms with Crippen molar-refractivity contribution in [1.82, 2.24) is 0 Å². The number of β-amino-alcohol motifs (C(OH)–C–C–N with tert-alkyl or cyclic N) is 1. The molecular weight excluding hydrogens is 214 g/mol. The normalized spacial score (nSPS) is 15.4. The first kappa shape index (κ1) is 12.2. The second-order valence-corrected chi connectivity index (χ2v) is 5.46. The molecule has 0 atom stereocenters. The molecule has 0 amide bonds. The van der Waals surface area contributed by atoms with E-state index in [2.05, 4.69) is 43.9 Å². The third kappa shape index (κ3) is 2.39. The van der Waals surface area contributed by atoms with Crippen molar-refractivity contribution in [3.8, 4) is 5.75 Å². The van der Waals surface area contributed by atoms with E-state index in [4.69, 9.17) is 9.84 Å². The molecule has 1 heterocycles. The van der Waals surface area contributed by atoms with Gasteiger partial charge in [0.2, 0.25) is 0 Å². The highest BCUT2D eigenvalue weighted by atomic mass is 16.5. The van der Waals surface area contributed by atoms with Gasteiger partial charge in [0.1, 0.15) is 12.4 Å². The minimum atomic E-state index is 0.0770. The Balaban J connectivity index is 2.44. The van der Waals surface area contributed by atoms with Gasteiger partial charge in [0.05, 0.1) is 18.8 Å². The van der Waals surface area contributed by atoms with E-state index in [1.807, 2.05) is 0 Å². The van der Waals surface area contributed by atoms with Crippen LogP contribution in [0, 0.1) is 0 Å². The number of hydrogen-bond donors (Lipinski definition) is 1. The predicted octanol–water partition coefficient (Wildman–Crippen LogP) is 2.18. The van der Waals surface area contributed by atoms with Crippen molar-refractivity contribution in [3.63, 3.8) is 0 Å². The smallest absolute Gasteiger partial charge is 0.146 e. The van der Waals surface area contributed by atoms with Crippen molar-refractivity contribution in [2.75, 3.05) is 31.2 Å². The summed E-state index contributed by atoms with van der Waals surface area (Å²) in [7, 11) is 0. The topological polar surface area (TPSA) is 32.7 Å². The Morgan fingerprint density at radius 3 is 2.76 bits per heavy atom. The van der Waals surface area contributed by atoms with Crippen molar-refractivity contribution in [2.45, 2.75) is 26.2 Å². The van der Waals surface area contributed by atoms with Crippen LogP contribution in [0.25, 0.3) is 0 Å². The van der Waals surface area contributed by atoms with E-state index in [1.165, 1.54) is 5.56 Å². The summed E-state index contributed by atoms with van der Waals surface area (Å²) in [6.07, 6.45) is 0. The molecule has 94 valence electrons. The quantitative estimate of drug-likeness (QED) is 0.852. The van der Waals surface area contributed by atoms with Gasteiger partial charge in [0.15, 0.2) is 0 Å². The minimum Gasteiger partial charge on any atom is -0.489 e. The first-order valence-corrected chi connectivity index (χ1v) is 6.16. The van der Waals surface area contributed by atoms with Gasteiger partial charge in [-0.05, 0) is 11.5 Å². The Bertz CT molecular complexity index is 396. The largest absolute Gasteiger partial charge is 0.489 e. The lowest BCUT2D eigenvalue weighted by Crippen LogP contribution is -2.35. The highest BCUT2D eigenvalue weighted by molar-refractivity contribution is 5.64. The van der Waals surface area contributed by atoms with Crippen LogP contribution in [0.3, 0.4) is 0 Å². The van der Waals surface area contributed by atoms with Gasteiger partial charge in [0.25, 0.3) is 0 Å². The zero-order valence-electron chi connectivity index (χ0n) is 10.9. The van der Waals surface area contributed by atoms with E-state index in [1.54, 1.807) is 0 Å². The lowest BCUT2D eigenvalue weighted by atomic mass is 9.85. The summed E-state index contributed by atoms with van der Waals surface area (Å²) >= 11 is 0. The molecule has 0 bridgehead atoms. The van der Waals surface area contributed by atoms with Crippen LogP contribution >= 0.6 is 0 Å². The van der Waals surface area contributed by atoms with Gasteiger partial charge in [-0.1, -0.05) is 32.9 Å². The summed E-state index contributed by atoms with van der Waals surface area (Å²) < 4.78 is 5.83. The fourth-order valence-electron chi connectivity index (χ4n) is 2.25. The second kappa shape index (κ2) is 4.57. The maximum Gasteiger partial charge on any atom is 0.146 e. The van der Waals surface area contributed by atoms with Gasteiger partial charge in [-0.15, -0.1) is 0 Å². The molecule has 0 fully saturated rings. The number of ether oxygens (including phenoxy) is 1. The Morgan fingerprint density at radius 1 is 1.35 bits per heavy atom. The van der Waals surface area contributed by atoms with E-state index in [0.717, 1.165) is 18.0 Å². The van der Waals surface area contributed by atoms with Gasteiger partial charge in [0, 0.05) is 12.1 Å². The number of fused-ring (bicyclic) bond motifs is 1. The molecule has 0 saturated heterocycles. The third-order valence-electron chi connectivity index (χ3n) is 3.12. The molecule has 0 radical (unpaired) electrons. The molecule has 2 rings (SSSR count). The molecule has 0 aliphatic carbocycles. The second-order valence-electron chi connectivity index (χ2n) is 5.46. The minimum absolute atomic E-state index is 0.0770. The van der Waals surface area contributed by atoms with E-state index < -0.39 is 0 Å². The van der Waals surface area contributed by atoms with Crippen LogP contribution in [0.2, 0.25) is 0 Å². The average molecular weight is 235 g/mol. The van der Waals surface area contributed by atoms with Crippen LogP contribution in [0.5, 0.6) is 5.75 Å². The number of hydrogen-bond acceptors (Lipinski definition) is 3. The van der Waals surface area contributed by atoms with Crippen molar-refractivity contribution in [1.29, 1.82) is 0 Å². The number of aliphatic hydroxyl groups is 1. The lowest BCUT2D eigenvalue weighted by molar-refractivity contribution is 0.274. The van der Waals surface area contributed by atoms with Crippen LogP contribution in [-0.2, 0) is 5.41 Å². The molecule has 3 nitrogen and oxygen atoms in total. The summed E-state index contributed by atoms with van der Waals surface area (Å²) in [5, 5.41) is 9.09. The Kier molecular flexibility index (Phi) is 3.29. The van der Waals surface area contributed by atoms with Gasteiger partial charge in [-0.25, -0.2) is 0 Å². The van der Waals surface area contributed by atoms with Crippen molar-refractivity contribution >= 4 is 5.69 Å². The maximum absolute atomic E-state index is 9.09. The number of rotatable bonds is 2. The molecule has 0 saturated carbocycles. The van der Waals surface area contributed by atoms with E-state index in [0.29, 0.717) is 13.2 Å². The van der Waals surface area contributed by atoms with Gasteiger partial charge in [-0.3, -0.25) is 0 Å². The standard InChI is InChI=1S/C14H21NO2/c1-14(2,3)11-5-4-6-12-13(11)17-10-8-15(12)7-9-16/h4-6,16H,7-10H2,1-3H3. The molecule has 1 aromatic carbocycles. The molecular formula is C14H21NO2. The van der Waals surface area contributed by atoms with Crippen LogP contribution in [0.4, 0.5) is 5.69 Å². The number of aliphatic hydroxyl groups excluding tert-OH is 1. The van der Waals surface area contributed by atoms with E-state index >= 15 is 0 Å². The summed E-state index contributed by atoms with van der Waals surface area (Å²) in [4.78, 5) is 2.19. The fourth-order valence-corrected chi connectivity index (χ4v) is 2.25. The molecule has 3 heteroatoms. The molecule has 17 heavy (non-hydrogen) atoms. The molecule has 0 spiro atoms. The van der Waals surface area contributed by atoms with Crippen molar-refractivity contribution in [2.24, 2.45) is 0 Å². The summed E-state index contributed by atoms with van der Waals surface area (Å²) in [6.45, 7) is 8.97.